The third-order valence-electron chi connectivity index (χ3n) is 1.58. The molecule has 0 saturated heterocycles. The Morgan fingerprint density at radius 1 is 1.50 bits per heavy atom. The van der Waals surface area contributed by atoms with Crippen LogP contribution in [0.2, 0.25) is 0 Å². The maximum absolute atomic E-state index is 9.78. The maximum atomic E-state index is 9.78. The van der Waals surface area contributed by atoms with Gasteiger partial charge in [-0.15, -0.1) is 11.3 Å². The lowest BCUT2D eigenvalue weighted by Crippen LogP contribution is -1.92. The van der Waals surface area contributed by atoms with Gasteiger partial charge in [0.15, 0.2) is 0 Å². The van der Waals surface area contributed by atoms with Crippen LogP contribution in [0.15, 0.2) is 17.5 Å². The summed E-state index contributed by atoms with van der Waals surface area (Å²) in [6.07, 6.45) is 3.14. The molecule has 1 heterocycles. The van der Waals surface area contributed by atoms with E-state index < -0.39 is 0 Å². The van der Waals surface area contributed by atoms with Crippen LogP contribution in [0.25, 0.3) is 0 Å². The lowest BCUT2D eigenvalue weighted by atomic mass is 10.2. The van der Waals surface area contributed by atoms with Crippen molar-refractivity contribution in [1.29, 1.82) is 0 Å². The minimum atomic E-state index is 0.505. The van der Waals surface area contributed by atoms with Crippen molar-refractivity contribution in [2.45, 2.75) is 19.3 Å². The molecule has 0 fully saturated rings. The third kappa shape index (κ3) is 3.53. The number of unbranched alkanes of at least 4 members (excludes halogenated alkanes) is 1. The highest BCUT2D eigenvalue weighted by molar-refractivity contribution is 7.09. The topological polar surface area (TPSA) is 26.3 Å². The SMILES string of the molecule is O=COCCCCc1cccs1. The van der Waals surface area contributed by atoms with E-state index in [1.165, 1.54) is 4.88 Å². The summed E-state index contributed by atoms with van der Waals surface area (Å²) in [7, 11) is 0. The number of hydrogen-bond donors (Lipinski definition) is 0. The van der Waals surface area contributed by atoms with Crippen LogP contribution in [0.1, 0.15) is 17.7 Å². The quantitative estimate of drug-likeness (QED) is 0.500. The number of thiophene rings is 1. The zero-order chi connectivity index (χ0) is 8.65. The van der Waals surface area contributed by atoms with Gasteiger partial charge in [0.25, 0.3) is 6.47 Å². The number of carbonyl (C=O) groups excluding carboxylic acids is 1. The van der Waals surface area contributed by atoms with Crippen molar-refractivity contribution >= 4 is 17.8 Å². The first-order valence-corrected chi connectivity index (χ1v) is 4.89. The Morgan fingerprint density at radius 2 is 2.42 bits per heavy atom. The van der Waals surface area contributed by atoms with Crippen LogP contribution >= 0.6 is 11.3 Å². The highest BCUT2D eigenvalue weighted by Gasteiger charge is 1.93. The van der Waals surface area contributed by atoms with Crippen LogP contribution in [0.3, 0.4) is 0 Å². The lowest BCUT2D eigenvalue weighted by molar-refractivity contribution is -0.128. The van der Waals surface area contributed by atoms with Crippen LogP contribution in [0.5, 0.6) is 0 Å². The normalized spacial score (nSPS) is 9.67. The second kappa shape index (κ2) is 5.77. The molecule has 2 nitrogen and oxygen atoms in total. The minimum absolute atomic E-state index is 0.505. The van der Waals surface area contributed by atoms with E-state index in [2.05, 4.69) is 22.2 Å². The first-order chi connectivity index (χ1) is 5.93. The Labute approximate surface area is 76.2 Å². The minimum Gasteiger partial charge on any atom is -0.468 e. The van der Waals surface area contributed by atoms with Gasteiger partial charge in [0.1, 0.15) is 0 Å². The summed E-state index contributed by atoms with van der Waals surface area (Å²) in [4.78, 5) is 11.2. The monoisotopic (exact) mass is 184 g/mol. The number of rotatable bonds is 6. The molecule has 0 N–H and O–H groups in total. The maximum Gasteiger partial charge on any atom is 0.293 e. The fraction of sp³-hybridized carbons (Fsp3) is 0.444. The van der Waals surface area contributed by atoms with Gasteiger partial charge in [0.05, 0.1) is 6.61 Å². The van der Waals surface area contributed by atoms with E-state index in [-0.39, 0.29) is 0 Å². The van der Waals surface area contributed by atoms with Crippen molar-refractivity contribution in [3.05, 3.63) is 22.4 Å². The fourth-order valence-corrected chi connectivity index (χ4v) is 1.74. The molecular weight excluding hydrogens is 172 g/mol. The van der Waals surface area contributed by atoms with Gasteiger partial charge in [-0.2, -0.15) is 0 Å². The molecule has 0 unspecified atom stereocenters. The second-order valence-corrected chi connectivity index (χ2v) is 3.54. The third-order valence-corrected chi connectivity index (χ3v) is 2.52. The molecule has 66 valence electrons. The van der Waals surface area contributed by atoms with Crippen LogP contribution in [0.4, 0.5) is 0 Å². The van der Waals surface area contributed by atoms with Gasteiger partial charge in [-0.1, -0.05) is 6.07 Å². The second-order valence-electron chi connectivity index (χ2n) is 2.50. The molecule has 0 radical (unpaired) electrons. The van der Waals surface area contributed by atoms with Crippen LogP contribution in [0, 0.1) is 0 Å². The Hall–Kier alpha value is -0.830. The number of ether oxygens (including phenoxy) is 1. The molecule has 12 heavy (non-hydrogen) atoms. The van der Waals surface area contributed by atoms with Gasteiger partial charge in [-0.25, -0.2) is 0 Å². The summed E-state index contributed by atoms with van der Waals surface area (Å²) in [5.41, 5.74) is 0. The van der Waals surface area contributed by atoms with Crippen molar-refractivity contribution in [3.63, 3.8) is 0 Å². The van der Waals surface area contributed by atoms with Gasteiger partial charge >= 0.3 is 0 Å². The molecule has 1 aromatic heterocycles. The lowest BCUT2D eigenvalue weighted by Gasteiger charge is -1.97. The first kappa shape index (κ1) is 9.26. The molecule has 1 aromatic rings. The molecule has 0 saturated carbocycles. The van der Waals surface area contributed by atoms with E-state index in [0.29, 0.717) is 13.1 Å². The van der Waals surface area contributed by atoms with Crippen molar-refractivity contribution < 1.29 is 9.53 Å². The molecule has 0 aliphatic heterocycles. The van der Waals surface area contributed by atoms with Gasteiger partial charge in [0, 0.05) is 4.88 Å². The smallest absolute Gasteiger partial charge is 0.293 e. The molecule has 3 heteroatoms. The highest BCUT2D eigenvalue weighted by atomic mass is 32.1. The fourth-order valence-electron chi connectivity index (χ4n) is 0.988. The van der Waals surface area contributed by atoms with Gasteiger partial charge in [-0.3, -0.25) is 4.79 Å². The molecule has 0 bridgehead atoms. The number of carbonyl (C=O) groups is 1. The van der Waals surface area contributed by atoms with Crippen molar-refractivity contribution in [1.82, 2.24) is 0 Å². The summed E-state index contributed by atoms with van der Waals surface area (Å²) in [5, 5.41) is 2.08. The zero-order valence-corrected chi connectivity index (χ0v) is 7.68. The molecule has 0 aromatic carbocycles. The predicted molar refractivity (Wildman–Crippen MR) is 49.3 cm³/mol. The average molecular weight is 184 g/mol. The van der Waals surface area contributed by atoms with Crippen molar-refractivity contribution in [2.24, 2.45) is 0 Å². The van der Waals surface area contributed by atoms with Crippen molar-refractivity contribution in [3.8, 4) is 0 Å². The Bertz CT molecular complexity index is 206. The average Bonchev–Trinajstić information content (AvgIpc) is 2.57. The van der Waals surface area contributed by atoms with Gasteiger partial charge in [-0.05, 0) is 30.7 Å². The summed E-state index contributed by atoms with van der Waals surface area (Å²) >= 11 is 1.78. The molecule has 0 aliphatic carbocycles. The first-order valence-electron chi connectivity index (χ1n) is 4.01. The van der Waals surface area contributed by atoms with Gasteiger partial charge < -0.3 is 4.74 Å². The van der Waals surface area contributed by atoms with E-state index in [4.69, 9.17) is 0 Å². The van der Waals surface area contributed by atoms with E-state index in [1.807, 2.05) is 0 Å². The summed E-state index contributed by atoms with van der Waals surface area (Å²) in [5.74, 6) is 0. The van der Waals surface area contributed by atoms with Gasteiger partial charge in [0.2, 0.25) is 0 Å². The number of hydrogen-bond acceptors (Lipinski definition) is 3. The molecule has 0 atom stereocenters. The molecule has 1 rings (SSSR count). The molecule has 0 aliphatic rings. The van der Waals surface area contributed by atoms with Crippen LogP contribution in [-0.4, -0.2) is 13.1 Å². The molecular formula is C9H12O2S. The van der Waals surface area contributed by atoms with E-state index in [0.717, 1.165) is 19.3 Å². The zero-order valence-electron chi connectivity index (χ0n) is 6.86. The largest absolute Gasteiger partial charge is 0.468 e. The Kier molecular flexibility index (Phi) is 4.46. The molecule has 0 spiro atoms. The Morgan fingerprint density at radius 3 is 3.08 bits per heavy atom. The van der Waals surface area contributed by atoms with E-state index in [9.17, 15) is 4.79 Å². The van der Waals surface area contributed by atoms with Crippen molar-refractivity contribution in [2.75, 3.05) is 6.61 Å². The summed E-state index contributed by atoms with van der Waals surface area (Å²) < 4.78 is 4.58. The standard InChI is InChI=1S/C9H12O2S/c10-8-11-6-2-1-4-9-5-3-7-12-9/h3,5,7-8H,1-2,4,6H2. The number of aryl methyl sites for hydroxylation is 1. The summed E-state index contributed by atoms with van der Waals surface area (Å²) in [6, 6.07) is 4.19. The highest BCUT2D eigenvalue weighted by Crippen LogP contribution is 2.11. The van der Waals surface area contributed by atoms with Crippen LogP contribution in [-0.2, 0) is 16.0 Å². The summed E-state index contributed by atoms with van der Waals surface area (Å²) in [6.45, 7) is 1.06. The van der Waals surface area contributed by atoms with Crippen LogP contribution < -0.4 is 0 Å². The van der Waals surface area contributed by atoms with E-state index >= 15 is 0 Å². The predicted octanol–water partition coefficient (Wildman–Crippen LogP) is 2.24. The Balaban J connectivity index is 2.00. The van der Waals surface area contributed by atoms with E-state index in [1.54, 1.807) is 11.3 Å². The molecule has 0 amide bonds.